The molecule has 1 aliphatic heterocycles. The van der Waals surface area contributed by atoms with Gasteiger partial charge in [0.1, 0.15) is 28.4 Å². The zero-order chi connectivity index (χ0) is 18.2. The predicted molar refractivity (Wildman–Crippen MR) is 98.9 cm³/mol. The molecule has 1 aliphatic carbocycles. The summed E-state index contributed by atoms with van der Waals surface area (Å²) in [6.07, 6.45) is 2.36. The minimum absolute atomic E-state index is 0.0120. The molecule has 3 N–H and O–H groups in total. The van der Waals surface area contributed by atoms with Gasteiger partial charge in [0.25, 0.3) is 5.56 Å². The third-order valence-corrected chi connectivity index (χ3v) is 6.53. The summed E-state index contributed by atoms with van der Waals surface area (Å²) >= 11 is 1.14. The Hall–Kier alpha value is -2.19. The molecule has 26 heavy (non-hydrogen) atoms. The number of benzene rings is 1. The molecule has 1 saturated carbocycles. The van der Waals surface area contributed by atoms with Gasteiger partial charge in [0.15, 0.2) is 0 Å². The predicted octanol–water partition coefficient (Wildman–Crippen LogP) is 2.59. The highest BCUT2D eigenvalue weighted by Gasteiger charge is 2.34. The van der Waals surface area contributed by atoms with Crippen molar-refractivity contribution in [3.8, 4) is 5.75 Å². The Morgan fingerprint density at radius 3 is 2.92 bits per heavy atom. The van der Waals surface area contributed by atoms with Crippen molar-refractivity contribution in [2.75, 3.05) is 6.61 Å². The number of hydrogen-bond donors (Lipinski definition) is 2. The number of nitrogens with one attached hydrogen (secondary N) is 1. The molecule has 0 bridgehead atoms. The Labute approximate surface area is 151 Å². The summed E-state index contributed by atoms with van der Waals surface area (Å²) in [7, 11) is 0. The highest BCUT2D eigenvalue weighted by molar-refractivity contribution is 7.12. The summed E-state index contributed by atoms with van der Waals surface area (Å²) in [4.78, 5) is 25.6. The minimum atomic E-state index is -0.448. The van der Waals surface area contributed by atoms with Crippen molar-refractivity contribution in [1.29, 1.82) is 0 Å². The van der Waals surface area contributed by atoms with Gasteiger partial charge in [-0.2, -0.15) is 0 Å². The number of rotatable bonds is 1. The van der Waals surface area contributed by atoms with E-state index in [2.05, 4.69) is 4.37 Å². The monoisotopic (exact) mass is 375 g/mol. The molecule has 0 radical (unpaired) electrons. The number of nitrogens with zero attached hydrogens (tertiary/aromatic N) is 1. The molecule has 3 unspecified atom stereocenters. The second-order valence-corrected chi connectivity index (χ2v) is 8.13. The van der Waals surface area contributed by atoms with E-state index in [9.17, 15) is 9.59 Å². The molecule has 3 aromatic rings. The largest absolute Gasteiger partial charge is 0.489 e. The number of aromatic nitrogens is 2. The maximum atomic E-state index is 15.1. The van der Waals surface area contributed by atoms with Crippen LogP contribution in [0.2, 0.25) is 0 Å². The topological polar surface area (TPSA) is 90.1 Å². The quantitative estimate of drug-likeness (QED) is 0.684. The van der Waals surface area contributed by atoms with Gasteiger partial charge in [0, 0.05) is 11.6 Å². The third-order valence-electron chi connectivity index (χ3n) is 5.65. The summed E-state index contributed by atoms with van der Waals surface area (Å²) in [5, 5.41) is 0.295. The first-order valence-corrected chi connectivity index (χ1v) is 9.59. The fourth-order valence-electron chi connectivity index (χ4n) is 4.45. The molecule has 3 heterocycles. The van der Waals surface area contributed by atoms with Crippen molar-refractivity contribution in [2.24, 2.45) is 5.73 Å². The van der Waals surface area contributed by atoms with Gasteiger partial charge in [-0.1, -0.05) is 0 Å². The van der Waals surface area contributed by atoms with E-state index in [1.165, 1.54) is 6.07 Å². The van der Waals surface area contributed by atoms with Crippen molar-refractivity contribution in [3.05, 3.63) is 38.0 Å². The summed E-state index contributed by atoms with van der Waals surface area (Å²) in [5.41, 5.74) is 6.27. The van der Waals surface area contributed by atoms with Crippen molar-refractivity contribution in [1.82, 2.24) is 8.94 Å². The van der Waals surface area contributed by atoms with E-state index >= 15 is 4.39 Å². The van der Waals surface area contributed by atoms with Crippen LogP contribution in [0.3, 0.4) is 0 Å². The van der Waals surface area contributed by atoms with E-state index in [-0.39, 0.29) is 28.8 Å². The Morgan fingerprint density at radius 2 is 2.19 bits per heavy atom. The lowest BCUT2D eigenvalue weighted by Crippen LogP contribution is -2.26. The first-order valence-electron chi connectivity index (χ1n) is 8.77. The van der Waals surface area contributed by atoms with E-state index in [4.69, 9.17) is 10.5 Å². The Balaban J connectivity index is 1.95. The average molecular weight is 375 g/mol. The van der Waals surface area contributed by atoms with Crippen LogP contribution in [0.15, 0.2) is 15.7 Å². The van der Waals surface area contributed by atoms with E-state index in [0.29, 0.717) is 34.7 Å². The lowest BCUT2D eigenvalue weighted by Gasteiger charge is -2.30. The van der Waals surface area contributed by atoms with E-state index in [1.807, 2.05) is 11.5 Å². The number of pyridine rings is 1. The number of fused-ring (bicyclic) bond motifs is 2. The smallest absolute Gasteiger partial charge is 0.271 e. The van der Waals surface area contributed by atoms with Crippen molar-refractivity contribution < 1.29 is 9.13 Å². The number of ether oxygens (including phenoxy) is 1. The second kappa shape index (κ2) is 5.40. The van der Waals surface area contributed by atoms with Gasteiger partial charge in [0.05, 0.1) is 16.9 Å². The maximum Gasteiger partial charge on any atom is 0.271 e. The van der Waals surface area contributed by atoms with Crippen molar-refractivity contribution >= 4 is 32.7 Å². The highest BCUT2D eigenvalue weighted by Crippen LogP contribution is 2.45. The molecule has 0 amide bonds. The maximum absolute atomic E-state index is 15.1. The van der Waals surface area contributed by atoms with Crippen LogP contribution in [-0.4, -0.2) is 21.6 Å². The van der Waals surface area contributed by atoms with Crippen LogP contribution < -0.4 is 21.5 Å². The second-order valence-electron chi connectivity index (χ2n) is 7.34. The molecule has 0 saturated heterocycles. The molecule has 5 rings (SSSR count). The lowest BCUT2D eigenvalue weighted by atomic mass is 9.93. The lowest BCUT2D eigenvalue weighted by molar-refractivity contribution is 0.246. The zero-order valence-electron chi connectivity index (χ0n) is 14.2. The third kappa shape index (κ3) is 1.99. The molecule has 2 aromatic heterocycles. The Kier molecular flexibility index (Phi) is 3.33. The molecule has 8 heteroatoms. The van der Waals surface area contributed by atoms with Gasteiger partial charge in [-0.15, -0.1) is 0 Å². The highest BCUT2D eigenvalue weighted by atomic mass is 32.1. The number of aromatic amines is 1. The van der Waals surface area contributed by atoms with Crippen LogP contribution in [0.25, 0.3) is 21.1 Å². The molecule has 1 fully saturated rings. The first-order chi connectivity index (χ1) is 12.5. The van der Waals surface area contributed by atoms with Crippen LogP contribution >= 0.6 is 11.5 Å². The molecule has 136 valence electrons. The fourth-order valence-corrected chi connectivity index (χ4v) is 5.40. The van der Waals surface area contributed by atoms with Crippen LogP contribution in [-0.2, 0) is 0 Å². The number of H-pyrrole nitrogens is 1. The van der Waals surface area contributed by atoms with Crippen LogP contribution in [0.5, 0.6) is 5.75 Å². The number of hydrogen-bond acceptors (Lipinski definition) is 5. The summed E-state index contributed by atoms with van der Waals surface area (Å²) in [6, 6.07) is 1.27. The normalized spacial score (nSPS) is 25.1. The van der Waals surface area contributed by atoms with Gasteiger partial charge in [0.2, 0.25) is 5.43 Å². The SMILES string of the molecule is CC1COc2c(C3CCC(N)C3)c(F)cc3c(=O)c4c(=O)[nH]sc4n1c23. The zero-order valence-corrected chi connectivity index (χ0v) is 15.0. The van der Waals surface area contributed by atoms with Gasteiger partial charge < -0.3 is 15.0 Å². The van der Waals surface area contributed by atoms with E-state index in [0.717, 1.165) is 24.4 Å². The molecule has 2 aliphatic rings. The van der Waals surface area contributed by atoms with Crippen molar-refractivity contribution in [3.63, 3.8) is 0 Å². The summed E-state index contributed by atoms with van der Waals surface area (Å²) in [5.74, 6) is -0.0186. The number of nitrogens with two attached hydrogens (primary N) is 1. The summed E-state index contributed by atoms with van der Waals surface area (Å²) in [6.45, 7) is 2.33. The fraction of sp³-hybridized carbons (Fsp3) is 0.444. The average Bonchev–Trinajstić information content (AvgIpc) is 3.19. The molecule has 3 atom stereocenters. The van der Waals surface area contributed by atoms with E-state index in [1.54, 1.807) is 0 Å². The Bertz CT molecular complexity index is 1180. The van der Waals surface area contributed by atoms with E-state index < -0.39 is 16.8 Å². The van der Waals surface area contributed by atoms with Gasteiger partial charge >= 0.3 is 0 Å². The molecular formula is C18H18FN3O3S. The van der Waals surface area contributed by atoms with Crippen LogP contribution in [0, 0.1) is 5.82 Å². The number of halogens is 1. The standard InChI is InChI=1S/C18H18FN3O3S/c1-7-6-25-16-12(8-2-3-9(20)4-8)11(19)5-10-14(16)22(7)18-13(15(10)23)17(24)21-26-18/h5,7-9H,2-4,6,20H2,1H3,(H,21,24). The van der Waals surface area contributed by atoms with Gasteiger partial charge in [-0.25, -0.2) is 4.39 Å². The van der Waals surface area contributed by atoms with Crippen molar-refractivity contribution in [2.45, 2.75) is 44.2 Å². The minimum Gasteiger partial charge on any atom is -0.489 e. The van der Waals surface area contributed by atoms with Crippen LogP contribution in [0.1, 0.15) is 43.7 Å². The summed E-state index contributed by atoms with van der Waals surface area (Å²) < 4.78 is 25.6. The van der Waals surface area contributed by atoms with Crippen LogP contribution in [0.4, 0.5) is 4.39 Å². The van der Waals surface area contributed by atoms with Gasteiger partial charge in [-0.3, -0.25) is 14.0 Å². The molecule has 0 spiro atoms. The molecular weight excluding hydrogens is 357 g/mol. The van der Waals surface area contributed by atoms with Gasteiger partial charge in [-0.05, 0) is 49.7 Å². The molecule has 1 aromatic carbocycles. The Morgan fingerprint density at radius 1 is 1.38 bits per heavy atom. The molecule has 6 nitrogen and oxygen atoms in total. The first kappa shape index (κ1) is 16.0.